The van der Waals surface area contributed by atoms with Crippen LogP contribution in [0.3, 0.4) is 0 Å². The van der Waals surface area contributed by atoms with Crippen molar-refractivity contribution in [1.82, 2.24) is 0 Å². The molecule has 4 aromatic carbocycles. The van der Waals surface area contributed by atoms with Crippen LogP contribution in [0.25, 0.3) is 0 Å². The first-order chi connectivity index (χ1) is 23.2. The van der Waals surface area contributed by atoms with Crippen molar-refractivity contribution in [2.45, 2.75) is 49.5 Å². The van der Waals surface area contributed by atoms with Gasteiger partial charge >= 0.3 is 0 Å². The van der Waals surface area contributed by atoms with Crippen molar-refractivity contribution < 1.29 is 75.9 Å². The molecule has 2 saturated heterocycles. The molecule has 2 aliphatic heterocycles. The van der Waals surface area contributed by atoms with E-state index in [-0.39, 0.29) is 60.2 Å². The molecule has 0 bridgehead atoms. The van der Waals surface area contributed by atoms with Crippen molar-refractivity contribution in [3.05, 3.63) is 144 Å². The number of hydrogen-bond donors (Lipinski definition) is 0. The summed E-state index contributed by atoms with van der Waals surface area (Å²) < 4.78 is 28.5. The van der Waals surface area contributed by atoms with Gasteiger partial charge in [-0.25, -0.2) is 0 Å². The van der Waals surface area contributed by atoms with Gasteiger partial charge in [0.2, 0.25) is 11.6 Å². The molecule has 6 rings (SSSR count). The number of halogens is 2. The molecule has 2 unspecified atom stereocenters. The fourth-order valence-electron chi connectivity index (χ4n) is 7.49. The molecule has 6 nitrogen and oxygen atoms in total. The van der Waals surface area contributed by atoms with E-state index in [0.717, 1.165) is 57.4 Å². The zero-order valence-corrected chi connectivity index (χ0v) is 34.4. The van der Waals surface area contributed by atoms with Crippen LogP contribution >= 0.6 is 0 Å². The summed E-state index contributed by atoms with van der Waals surface area (Å²) in [5.74, 6) is -1.70. The summed E-state index contributed by atoms with van der Waals surface area (Å²) in [4.78, 5) is 0. The van der Waals surface area contributed by atoms with E-state index in [2.05, 4.69) is 125 Å². The predicted octanol–water partition coefficient (Wildman–Crippen LogP) is 1.34. The minimum atomic E-state index is -0.849. The van der Waals surface area contributed by atoms with Crippen molar-refractivity contribution in [2.75, 3.05) is 67.6 Å². The Morgan fingerprint density at radius 2 is 0.740 bits per heavy atom. The normalized spacial score (nSPS) is 19.8. The molecule has 2 heterocycles. The lowest BCUT2D eigenvalue weighted by Gasteiger charge is -2.34. The Balaban J connectivity index is 0.00000281. The average molecular weight is 905 g/mol. The Morgan fingerprint density at radius 3 is 1.02 bits per heavy atom. The van der Waals surface area contributed by atoms with Gasteiger partial charge < -0.3 is 75.9 Å². The molecule has 270 valence electrons. The zero-order valence-electron chi connectivity index (χ0n) is 30.1. The highest BCUT2D eigenvalue weighted by molar-refractivity contribution is 5.35. The first-order valence-electron chi connectivity index (χ1n) is 17.7. The molecule has 0 aliphatic carbocycles. The summed E-state index contributed by atoms with van der Waals surface area (Å²) in [5, 5.41) is 0. The Kier molecular flexibility index (Phi) is 14.9. The van der Waals surface area contributed by atoms with E-state index < -0.39 is 11.6 Å². The standard InChI is InChI=1S/C42H54N2O4.2HI/c1-43(2,31-39-33-45-41(47-39,35-21-11-7-12-22-35)36-23-13-8-14-24-36)29-19-5-6-20-30-44(3,4)32-40-34-46-42(48-40,37-25-15-9-16-26-37)38-27-17-10-18-28-38;;/h7-18,21-28,39-40H,5-6,19-20,29-34H2,1-4H3;2*1H/q+2;;/p-2. The first kappa shape index (κ1) is 40.9. The number of rotatable bonds is 15. The van der Waals surface area contributed by atoms with Crippen LogP contribution in [0.4, 0.5) is 0 Å². The monoisotopic (exact) mass is 904 g/mol. The quantitative estimate of drug-likeness (QED) is 0.103. The molecule has 2 aliphatic rings. The zero-order chi connectivity index (χ0) is 33.5. The maximum atomic E-state index is 6.80. The van der Waals surface area contributed by atoms with Crippen LogP contribution in [0.5, 0.6) is 0 Å². The second kappa shape index (κ2) is 18.2. The van der Waals surface area contributed by atoms with Crippen LogP contribution in [-0.4, -0.2) is 88.8 Å². The Morgan fingerprint density at radius 1 is 0.460 bits per heavy atom. The second-order valence-corrected chi connectivity index (χ2v) is 14.9. The summed E-state index contributed by atoms with van der Waals surface area (Å²) in [6.45, 7) is 5.26. The van der Waals surface area contributed by atoms with Gasteiger partial charge in [0.15, 0.2) is 0 Å². The molecule has 0 N–H and O–H groups in total. The molecule has 0 saturated carbocycles. The van der Waals surface area contributed by atoms with Crippen molar-refractivity contribution in [2.24, 2.45) is 0 Å². The SMILES string of the molecule is C[N+](C)(CCCCCC[N+](C)(C)CC1COC(c2ccccc2)(c2ccccc2)O1)CC1COC(c2ccccc2)(c2ccccc2)O1.[I-].[I-]. The summed E-state index contributed by atoms with van der Waals surface area (Å²) >= 11 is 0. The van der Waals surface area contributed by atoms with Gasteiger partial charge in [0.25, 0.3) is 0 Å². The van der Waals surface area contributed by atoms with Gasteiger partial charge in [0, 0.05) is 22.3 Å². The minimum absolute atomic E-state index is 0. The van der Waals surface area contributed by atoms with Crippen LogP contribution in [0.15, 0.2) is 121 Å². The van der Waals surface area contributed by atoms with Gasteiger partial charge in [-0.3, -0.25) is 0 Å². The fourth-order valence-corrected chi connectivity index (χ4v) is 7.49. The summed E-state index contributed by atoms with van der Waals surface area (Å²) in [5.41, 5.74) is 4.18. The van der Waals surface area contributed by atoms with Gasteiger partial charge in [-0.1, -0.05) is 121 Å². The lowest BCUT2D eigenvalue weighted by atomic mass is 9.97. The van der Waals surface area contributed by atoms with E-state index in [4.69, 9.17) is 18.9 Å². The van der Waals surface area contributed by atoms with Crippen molar-refractivity contribution in [3.8, 4) is 0 Å². The van der Waals surface area contributed by atoms with Gasteiger partial charge in [-0.15, -0.1) is 0 Å². The number of likely N-dealkylation sites (N-methyl/N-ethyl adjacent to an activating group) is 2. The lowest BCUT2D eigenvalue weighted by Crippen LogP contribution is -3.00. The van der Waals surface area contributed by atoms with Crippen molar-refractivity contribution in [3.63, 3.8) is 0 Å². The number of quaternary nitrogens is 2. The van der Waals surface area contributed by atoms with Gasteiger partial charge in [0.1, 0.15) is 25.3 Å². The Labute approximate surface area is 334 Å². The number of nitrogens with zero attached hydrogens (tertiary/aromatic N) is 2. The van der Waals surface area contributed by atoms with Gasteiger partial charge in [-0.2, -0.15) is 0 Å². The predicted molar refractivity (Wildman–Crippen MR) is 191 cm³/mol. The van der Waals surface area contributed by atoms with E-state index in [0.29, 0.717) is 13.2 Å². The van der Waals surface area contributed by atoms with E-state index in [1.165, 1.54) is 25.7 Å². The first-order valence-corrected chi connectivity index (χ1v) is 17.7. The molecule has 4 aromatic rings. The highest BCUT2D eigenvalue weighted by atomic mass is 127. The molecule has 0 aromatic heterocycles. The smallest absolute Gasteiger partial charge is 0.222 e. The van der Waals surface area contributed by atoms with Crippen LogP contribution in [0, 0.1) is 0 Å². The third-order valence-electron chi connectivity index (χ3n) is 9.90. The Hall–Kier alpha value is -1.90. The van der Waals surface area contributed by atoms with Crippen LogP contribution in [-0.2, 0) is 30.5 Å². The number of unbranched alkanes of at least 4 members (excludes halogenated alkanes) is 3. The largest absolute Gasteiger partial charge is 1.00 e. The maximum absolute atomic E-state index is 6.80. The van der Waals surface area contributed by atoms with Crippen LogP contribution in [0.2, 0.25) is 0 Å². The molecule has 0 spiro atoms. The number of hydrogen-bond acceptors (Lipinski definition) is 4. The minimum Gasteiger partial charge on any atom is -1.00 e. The van der Waals surface area contributed by atoms with Gasteiger partial charge in [-0.05, 0) is 25.7 Å². The molecule has 0 radical (unpaired) electrons. The summed E-state index contributed by atoms with van der Waals surface area (Å²) in [6, 6.07) is 41.4. The molecule has 50 heavy (non-hydrogen) atoms. The molecule has 2 fully saturated rings. The van der Waals surface area contributed by atoms with E-state index >= 15 is 0 Å². The second-order valence-electron chi connectivity index (χ2n) is 14.9. The highest BCUT2D eigenvalue weighted by Gasteiger charge is 2.47. The lowest BCUT2D eigenvalue weighted by molar-refractivity contribution is -0.894. The average Bonchev–Trinajstić information content (AvgIpc) is 3.73. The molecule has 2 atom stereocenters. The van der Waals surface area contributed by atoms with E-state index in [1.54, 1.807) is 0 Å². The highest BCUT2D eigenvalue weighted by Crippen LogP contribution is 2.42. The Bertz CT molecular complexity index is 1360. The molecular formula is C42H54I2N2O4. The third kappa shape index (κ3) is 9.95. The number of benzene rings is 4. The fraction of sp³-hybridized carbons (Fsp3) is 0.429. The van der Waals surface area contributed by atoms with Crippen molar-refractivity contribution >= 4 is 0 Å². The van der Waals surface area contributed by atoms with Crippen LogP contribution in [0.1, 0.15) is 47.9 Å². The van der Waals surface area contributed by atoms with Crippen LogP contribution < -0.4 is 48.0 Å². The van der Waals surface area contributed by atoms with Crippen molar-refractivity contribution in [1.29, 1.82) is 0 Å². The summed E-state index contributed by atoms with van der Waals surface area (Å²) in [6.07, 6.45) is 4.93. The number of ether oxygens (including phenoxy) is 4. The molecule has 8 heteroatoms. The topological polar surface area (TPSA) is 36.9 Å². The molecular weight excluding hydrogens is 850 g/mol. The third-order valence-corrected chi connectivity index (χ3v) is 9.90. The van der Waals surface area contributed by atoms with E-state index in [9.17, 15) is 0 Å². The molecule has 0 amide bonds. The van der Waals surface area contributed by atoms with E-state index in [1.807, 2.05) is 24.3 Å². The summed E-state index contributed by atoms with van der Waals surface area (Å²) in [7, 11) is 9.29. The van der Waals surface area contributed by atoms with Gasteiger partial charge in [0.05, 0.1) is 54.5 Å². The maximum Gasteiger partial charge on any atom is 0.222 e.